The smallest absolute Gasteiger partial charge is 0.166 e. The van der Waals surface area contributed by atoms with Crippen LogP contribution < -0.4 is 0 Å². The van der Waals surface area contributed by atoms with Crippen molar-refractivity contribution in [1.82, 2.24) is 0 Å². The third-order valence-electron chi connectivity index (χ3n) is 4.67. The Morgan fingerprint density at radius 2 is 1.79 bits per heavy atom. The highest BCUT2D eigenvalue weighted by Crippen LogP contribution is 2.33. The molecule has 1 aromatic rings. The van der Waals surface area contributed by atoms with Crippen LogP contribution in [0.5, 0.6) is 0 Å². The molecule has 0 N–H and O–H groups in total. The number of carbonyl (C=O) groups is 2. The van der Waals surface area contributed by atoms with Gasteiger partial charge >= 0.3 is 0 Å². The van der Waals surface area contributed by atoms with Crippen LogP contribution in [0, 0.1) is 11.8 Å². The van der Waals surface area contributed by atoms with Gasteiger partial charge in [0.05, 0.1) is 0 Å². The monoisotopic (exact) mass is 256 g/mol. The first-order chi connectivity index (χ1) is 9.25. The molecule has 0 aliphatic heterocycles. The van der Waals surface area contributed by atoms with Gasteiger partial charge in [0.25, 0.3) is 0 Å². The Balaban J connectivity index is 1.73. The van der Waals surface area contributed by atoms with Crippen molar-refractivity contribution < 1.29 is 9.59 Å². The van der Waals surface area contributed by atoms with Crippen molar-refractivity contribution >= 4 is 11.6 Å². The van der Waals surface area contributed by atoms with E-state index in [0.717, 1.165) is 50.5 Å². The molecule has 100 valence electrons. The standard InChI is InChI=1S/C17H20O2/c18-16-8-4-2-6-13(16)11-14-10-9-12-5-1-3-7-15(12)17(14)19/h1,3,5,7,13-14H,2,4,6,8-11H2. The van der Waals surface area contributed by atoms with Gasteiger partial charge in [0, 0.05) is 23.8 Å². The van der Waals surface area contributed by atoms with Gasteiger partial charge in [-0.25, -0.2) is 0 Å². The van der Waals surface area contributed by atoms with Crippen LogP contribution in [0.15, 0.2) is 24.3 Å². The first-order valence-corrected chi connectivity index (χ1v) is 7.40. The van der Waals surface area contributed by atoms with E-state index in [4.69, 9.17) is 0 Å². The fraction of sp³-hybridized carbons (Fsp3) is 0.529. The molecule has 2 atom stereocenters. The number of benzene rings is 1. The third-order valence-corrected chi connectivity index (χ3v) is 4.67. The van der Waals surface area contributed by atoms with E-state index in [0.29, 0.717) is 5.78 Å². The molecule has 2 aliphatic rings. The van der Waals surface area contributed by atoms with E-state index in [-0.39, 0.29) is 17.6 Å². The summed E-state index contributed by atoms with van der Waals surface area (Å²) in [6, 6.07) is 7.92. The van der Waals surface area contributed by atoms with E-state index in [2.05, 4.69) is 6.07 Å². The molecule has 0 heterocycles. The molecule has 1 aromatic carbocycles. The number of carbonyl (C=O) groups excluding carboxylic acids is 2. The summed E-state index contributed by atoms with van der Waals surface area (Å²) in [6.45, 7) is 0. The minimum Gasteiger partial charge on any atom is -0.299 e. The van der Waals surface area contributed by atoms with Gasteiger partial charge in [-0.15, -0.1) is 0 Å². The molecule has 0 spiro atoms. The molecule has 0 saturated heterocycles. The summed E-state index contributed by atoms with van der Waals surface area (Å²) < 4.78 is 0. The Hall–Kier alpha value is -1.44. The maximum Gasteiger partial charge on any atom is 0.166 e. The van der Waals surface area contributed by atoms with E-state index >= 15 is 0 Å². The fourth-order valence-electron chi connectivity index (χ4n) is 3.53. The van der Waals surface area contributed by atoms with Gasteiger partial charge in [-0.3, -0.25) is 9.59 Å². The van der Waals surface area contributed by atoms with Crippen LogP contribution >= 0.6 is 0 Å². The average molecular weight is 256 g/mol. The Labute approximate surface area is 114 Å². The highest BCUT2D eigenvalue weighted by Gasteiger charge is 2.32. The van der Waals surface area contributed by atoms with Crippen LogP contribution in [-0.2, 0) is 11.2 Å². The second-order valence-electron chi connectivity index (χ2n) is 5.90. The molecule has 0 aromatic heterocycles. The second kappa shape index (κ2) is 5.28. The molecule has 1 fully saturated rings. The number of ketones is 2. The zero-order valence-electron chi connectivity index (χ0n) is 11.2. The summed E-state index contributed by atoms with van der Waals surface area (Å²) in [7, 11) is 0. The lowest BCUT2D eigenvalue weighted by molar-refractivity contribution is -0.125. The molecule has 1 saturated carbocycles. The van der Waals surface area contributed by atoms with Crippen LogP contribution in [0.2, 0.25) is 0 Å². The topological polar surface area (TPSA) is 34.1 Å². The van der Waals surface area contributed by atoms with Crippen molar-refractivity contribution in [2.75, 3.05) is 0 Å². The summed E-state index contributed by atoms with van der Waals surface area (Å²) in [5, 5.41) is 0. The summed E-state index contributed by atoms with van der Waals surface area (Å²) >= 11 is 0. The number of hydrogen-bond donors (Lipinski definition) is 0. The minimum atomic E-state index is 0.0712. The van der Waals surface area contributed by atoms with Gasteiger partial charge < -0.3 is 0 Å². The Bertz CT molecular complexity index is 504. The van der Waals surface area contributed by atoms with Gasteiger partial charge in [-0.1, -0.05) is 30.7 Å². The number of Topliss-reactive ketones (excluding diaryl/α,β-unsaturated/α-hetero) is 2. The summed E-state index contributed by atoms with van der Waals surface area (Å²) in [4.78, 5) is 24.4. The maximum absolute atomic E-state index is 12.5. The van der Waals surface area contributed by atoms with E-state index in [1.54, 1.807) is 0 Å². The quantitative estimate of drug-likeness (QED) is 0.810. The zero-order valence-corrected chi connectivity index (χ0v) is 11.2. The molecule has 2 aliphatic carbocycles. The molecule has 0 radical (unpaired) electrons. The number of fused-ring (bicyclic) bond motifs is 1. The average Bonchev–Trinajstić information content (AvgIpc) is 2.44. The lowest BCUT2D eigenvalue weighted by Gasteiger charge is -2.28. The molecular weight excluding hydrogens is 236 g/mol. The molecular formula is C17H20O2. The molecule has 2 unspecified atom stereocenters. The van der Waals surface area contributed by atoms with Gasteiger partial charge in [0.2, 0.25) is 0 Å². The summed E-state index contributed by atoms with van der Waals surface area (Å²) in [5.74, 6) is 0.869. The minimum absolute atomic E-state index is 0.0712. The van der Waals surface area contributed by atoms with Gasteiger partial charge in [0.1, 0.15) is 5.78 Å². The lowest BCUT2D eigenvalue weighted by Crippen LogP contribution is -2.28. The maximum atomic E-state index is 12.5. The van der Waals surface area contributed by atoms with E-state index in [1.807, 2.05) is 18.2 Å². The van der Waals surface area contributed by atoms with Crippen molar-refractivity contribution in [2.45, 2.75) is 44.9 Å². The van der Waals surface area contributed by atoms with Crippen molar-refractivity contribution in [3.8, 4) is 0 Å². The molecule has 2 nitrogen and oxygen atoms in total. The first-order valence-electron chi connectivity index (χ1n) is 7.40. The van der Waals surface area contributed by atoms with Crippen molar-refractivity contribution in [2.24, 2.45) is 11.8 Å². The van der Waals surface area contributed by atoms with E-state index < -0.39 is 0 Å². The van der Waals surface area contributed by atoms with Crippen molar-refractivity contribution in [3.63, 3.8) is 0 Å². The first kappa shape index (κ1) is 12.6. The zero-order chi connectivity index (χ0) is 13.2. The van der Waals surface area contributed by atoms with E-state index in [9.17, 15) is 9.59 Å². The SMILES string of the molecule is O=C1CCCCC1CC1CCc2ccccc2C1=O. The largest absolute Gasteiger partial charge is 0.299 e. The summed E-state index contributed by atoms with van der Waals surface area (Å²) in [5.41, 5.74) is 2.07. The van der Waals surface area contributed by atoms with Crippen LogP contribution in [0.3, 0.4) is 0 Å². The molecule has 0 bridgehead atoms. The fourth-order valence-corrected chi connectivity index (χ4v) is 3.53. The van der Waals surface area contributed by atoms with E-state index in [1.165, 1.54) is 5.56 Å². The van der Waals surface area contributed by atoms with Crippen molar-refractivity contribution in [3.05, 3.63) is 35.4 Å². The summed E-state index contributed by atoms with van der Waals surface area (Å²) in [6.07, 6.45) is 6.58. The molecule has 3 rings (SSSR count). The number of hydrogen-bond acceptors (Lipinski definition) is 2. The normalized spacial score (nSPS) is 27.2. The third kappa shape index (κ3) is 2.49. The highest BCUT2D eigenvalue weighted by molar-refractivity contribution is 6.00. The van der Waals surface area contributed by atoms with Crippen LogP contribution in [0.1, 0.15) is 54.4 Å². The van der Waals surface area contributed by atoms with Gasteiger partial charge in [-0.05, 0) is 37.7 Å². The predicted octanol–water partition coefficient (Wildman–Crippen LogP) is 3.58. The van der Waals surface area contributed by atoms with Crippen LogP contribution in [0.25, 0.3) is 0 Å². The van der Waals surface area contributed by atoms with Crippen molar-refractivity contribution in [1.29, 1.82) is 0 Å². The molecule has 2 heteroatoms. The highest BCUT2D eigenvalue weighted by atomic mass is 16.1. The van der Waals surface area contributed by atoms with Crippen LogP contribution in [0.4, 0.5) is 0 Å². The second-order valence-corrected chi connectivity index (χ2v) is 5.90. The van der Waals surface area contributed by atoms with Gasteiger partial charge in [-0.2, -0.15) is 0 Å². The molecule has 19 heavy (non-hydrogen) atoms. The Morgan fingerprint density at radius 3 is 2.63 bits per heavy atom. The number of rotatable bonds is 2. The van der Waals surface area contributed by atoms with Crippen LogP contribution in [-0.4, -0.2) is 11.6 Å². The predicted molar refractivity (Wildman–Crippen MR) is 74.2 cm³/mol. The van der Waals surface area contributed by atoms with Gasteiger partial charge in [0.15, 0.2) is 5.78 Å². The Kier molecular flexibility index (Phi) is 3.50. The molecule has 0 amide bonds. The number of aryl methyl sites for hydroxylation is 1. The lowest BCUT2D eigenvalue weighted by atomic mass is 9.75. The Morgan fingerprint density at radius 1 is 0.947 bits per heavy atom.